The largest absolute Gasteiger partial charge is 0.311 e. The molecular formula is C17H33N. The third kappa shape index (κ3) is 4.26. The zero-order chi connectivity index (χ0) is 13.0. The zero-order valence-electron chi connectivity index (χ0n) is 12.8. The molecule has 2 aliphatic rings. The Labute approximate surface area is 114 Å². The van der Waals surface area contributed by atoms with Crippen molar-refractivity contribution < 1.29 is 0 Å². The highest BCUT2D eigenvalue weighted by atomic mass is 15.0. The Bertz CT molecular complexity index is 240. The van der Waals surface area contributed by atoms with Gasteiger partial charge in [0, 0.05) is 12.1 Å². The van der Waals surface area contributed by atoms with E-state index in [2.05, 4.69) is 26.1 Å². The molecule has 1 N–H and O–H groups in total. The molecule has 0 radical (unpaired) electrons. The van der Waals surface area contributed by atoms with Gasteiger partial charge in [0.1, 0.15) is 0 Å². The molecule has 2 rings (SSSR count). The van der Waals surface area contributed by atoms with Gasteiger partial charge in [-0.25, -0.2) is 0 Å². The molecule has 1 heteroatoms. The van der Waals surface area contributed by atoms with Crippen molar-refractivity contribution in [2.75, 3.05) is 0 Å². The van der Waals surface area contributed by atoms with Gasteiger partial charge in [0.15, 0.2) is 0 Å². The molecule has 0 aliphatic heterocycles. The van der Waals surface area contributed by atoms with Crippen LogP contribution >= 0.6 is 0 Å². The number of rotatable bonds is 3. The summed E-state index contributed by atoms with van der Waals surface area (Å²) in [7, 11) is 0. The summed E-state index contributed by atoms with van der Waals surface area (Å²) < 4.78 is 0. The van der Waals surface area contributed by atoms with Gasteiger partial charge >= 0.3 is 0 Å². The van der Waals surface area contributed by atoms with E-state index < -0.39 is 0 Å². The van der Waals surface area contributed by atoms with Crippen LogP contribution in [-0.2, 0) is 0 Å². The number of hydrogen-bond donors (Lipinski definition) is 1. The minimum absolute atomic E-state index is 0.588. The van der Waals surface area contributed by atoms with E-state index >= 15 is 0 Å². The molecule has 2 atom stereocenters. The zero-order valence-corrected chi connectivity index (χ0v) is 12.8. The molecule has 2 saturated carbocycles. The summed E-state index contributed by atoms with van der Waals surface area (Å²) in [5, 5.41) is 3.97. The van der Waals surface area contributed by atoms with Gasteiger partial charge in [-0.2, -0.15) is 0 Å². The van der Waals surface area contributed by atoms with E-state index in [1.165, 1.54) is 64.2 Å². The van der Waals surface area contributed by atoms with Gasteiger partial charge in [0.2, 0.25) is 0 Å². The van der Waals surface area contributed by atoms with Crippen LogP contribution in [0.3, 0.4) is 0 Å². The van der Waals surface area contributed by atoms with Gasteiger partial charge < -0.3 is 5.32 Å². The quantitative estimate of drug-likeness (QED) is 0.703. The van der Waals surface area contributed by atoms with E-state index in [9.17, 15) is 0 Å². The molecule has 106 valence electrons. The highest BCUT2D eigenvalue weighted by molar-refractivity contribution is 4.83. The van der Waals surface area contributed by atoms with Crippen LogP contribution in [0.15, 0.2) is 0 Å². The summed E-state index contributed by atoms with van der Waals surface area (Å²) in [5.74, 6) is 0.954. The van der Waals surface area contributed by atoms with Crippen molar-refractivity contribution in [2.24, 2.45) is 11.3 Å². The number of nitrogens with one attached hydrogen (secondary N) is 1. The van der Waals surface area contributed by atoms with E-state index in [1.807, 2.05) is 0 Å². The molecule has 0 bridgehead atoms. The van der Waals surface area contributed by atoms with Gasteiger partial charge in [0.05, 0.1) is 0 Å². The van der Waals surface area contributed by atoms with Gasteiger partial charge in [-0.3, -0.25) is 0 Å². The third-order valence-corrected chi connectivity index (χ3v) is 5.43. The first-order valence-corrected chi connectivity index (χ1v) is 8.33. The Morgan fingerprint density at radius 2 is 1.61 bits per heavy atom. The molecule has 0 amide bonds. The summed E-state index contributed by atoms with van der Waals surface area (Å²) in [6.07, 6.45) is 14.4. The van der Waals surface area contributed by atoms with Crippen LogP contribution in [0.5, 0.6) is 0 Å². The first kappa shape index (κ1) is 14.4. The highest BCUT2D eigenvalue weighted by Gasteiger charge is 2.27. The molecule has 0 heterocycles. The second-order valence-corrected chi connectivity index (χ2v) is 7.65. The Morgan fingerprint density at radius 3 is 2.33 bits per heavy atom. The van der Waals surface area contributed by atoms with Crippen molar-refractivity contribution in [1.82, 2.24) is 5.32 Å². The Morgan fingerprint density at radius 1 is 0.889 bits per heavy atom. The van der Waals surface area contributed by atoms with Crippen molar-refractivity contribution in [3.8, 4) is 0 Å². The minimum atomic E-state index is 0.588. The maximum absolute atomic E-state index is 3.97. The normalized spacial score (nSPS) is 31.8. The van der Waals surface area contributed by atoms with Crippen LogP contribution in [0.1, 0.15) is 85.0 Å². The molecule has 2 fully saturated rings. The lowest BCUT2D eigenvalue weighted by Crippen LogP contribution is -2.41. The number of hydrogen-bond acceptors (Lipinski definition) is 1. The van der Waals surface area contributed by atoms with E-state index in [4.69, 9.17) is 0 Å². The molecular weight excluding hydrogens is 218 g/mol. The average Bonchev–Trinajstić information content (AvgIpc) is 2.52. The summed E-state index contributed by atoms with van der Waals surface area (Å²) in [6, 6.07) is 1.54. The maximum atomic E-state index is 3.97. The molecule has 0 spiro atoms. The van der Waals surface area contributed by atoms with Crippen molar-refractivity contribution in [3.63, 3.8) is 0 Å². The fourth-order valence-electron chi connectivity index (χ4n) is 3.97. The summed E-state index contributed by atoms with van der Waals surface area (Å²) in [4.78, 5) is 0. The molecule has 0 aromatic heterocycles. The lowest BCUT2D eigenvalue weighted by Gasteiger charge is -2.31. The Kier molecular flexibility index (Phi) is 5.12. The lowest BCUT2D eigenvalue weighted by molar-refractivity contribution is 0.252. The van der Waals surface area contributed by atoms with Crippen LogP contribution in [-0.4, -0.2) is 12.1 Å². The predicted molar refractivity (Wildman–Crippen MR) is 79.8 cm³/mol. The topological polar surface area (TPSA) is 12.0 Å². The molecule has 1 nitrogen and oxygen atoms in total. The second kappa shape index (κ2) is 6.41. The van der Waals surface area contributed by atoms with Crippen LogP contribution in [0.25, 0.3) is 0 Å². The first-order valence-electron chi connectivity index (χ1n) is 8.33. The fourth-order valence-corrected chi connectivity index (χ4v) is 3.97. The van der Waals surface area contributed by atoms with Gasteiger partial charge in [-0.05, 0) is 56.8 Å². The van der Waals surface area contributed by atoms with E-state index in [0.717, 1.165) is 18.0 Å². The van der Waals surface area contributed by atoms with E-state index in [-0.39, 0.29) is 0 Å². The highest BCUT2D eigenvalue weighted by Crippen LogP contribution is 2.34. The van der Waals surface area contributed by atoms with Crippen LogP contribution in [0.4, 0.5) is 0 Å². The Balaban J connectivity index is 1.77. The summed E-state index contributed by atoms with van der Waals surface area (Å²) >= 11 is 0. The van der Waals surface area contributed by atoms with E-state index in [0.29, 0.717) is 5.41 Å². The van der Waals surface area contributed by atoms with Gasteiger partial charge in [-0.15, -0.1) is 0 Å². The molecule has 2 unspecified atom stereocenters. The minimum Gasteiger partial charge on any atom is -0.311 e. The molecule has 18 heavy (non-hydrogen) atoms. The van der Waals surface area contributed by atoms with Crippen LogP contribution in [0, 0.1) is 11.3 Å². The van der Waals surface area contributed by atoms with Crippen molar-refractivity contribution in [3.05, 3.63) is 0 Å². The summed E-state index contributed by atoms with van der Waals surface area (Å²) in [6.45, 7) is 7.33. The smallest absolute Gasteiger partial charge is 0.00698 e. The molecule has 2 aliphatic carbocycles. The first-order chi connectivity index (χ1) is 8.57. The standard InChI is InChI=1S/C17H33N/c1-14(15-8-5-4-6-9-15)18-16-10-7-12-17(2,3)13-11-16/h14-16,18H,4-13H2,1-3H3. The van der Waals surface area contributed by atoms with Gasteiger partial charge in [-0.1, -0.05) is 39.5 Å². The molecule has 0 aromatic rings. The molecule has 0 saturated heterocycles. The Hall–Kier alpha value is -0.0400. The van der Waals surface area contributed by atoms with Crippen LogP contribution in [0.2, 0.25) is 0 Å². The van der Waals surface area contributed by atoms with Crippen molar-refractivity contribution in [1.29, 1.82) is 0 Å². The van der Waals surface area contributed by atoms with Crippen molar-refractivity contribution >= 4 is 0 Å². The third-order valence-electron chi connectivity index (χ3n) is 5.43. The molecule has 0 aromatic carbocycles. The predicted octanol–water partition coefficient (Wildman–Crippen LogP) is 4.90. The maximum Gasteiger partial charge on any atom is 0.00698 e. The monoisotopic (exact) mass is 251 g/mol. The lowest BCUT2D eigenvalue weighted by atomic mass is 9.84. The second-order valence-electron chi connectivity index (χ2n) is 7.65. The SMILES string of the molecule is CC(NC1CCCC(C)(C)CC1)C1CCCCC1. The van der Waals surface area contributed by atoms with Gasteiger partial charge in [0.25, 0.3) is 0 Å². The van der Waals surface area contributed by atoms with Crippen molar-refractivity contribution in [2.45, 2.75) is 97.1 Å². The fraction of sp³-hybridized carbons (Fsp3) is 1.00. The van der Waals surface area contributed by atoms with E-state index in [1.54, 1.807) is 0 Å². The van der Waals surface area contributed by atoms with Crippen LogP contribution < -0.4 is 5.32 Å². The average molecular weight is 251 g/mol. The summed E-state index contributed by atoms with van der Waals surface area (Å²) in [5.41, 5.74) is 0.588.